The van der Waals surface area contributed by atoms with E-state index in [0.29, 0.717) is 24.4 Å². The highest BCUT2D eigenvalue weighted by Crippen LogP contribution is 2.37. The van der Waals surface area contributed by atoms with Crippen molar-refractivity contribution in [3.05, 3.63) is 35.9 Å². The Bertz CT molecular complexity index is 655. The van der Waals surface area contributed by atoms with Crippen LogP contribution in [0.4, 0.5) is 4.79 Å². The van der Waals surface area contributed by atoms with Gasteiger partial charge >= 0.3 is 6.09 Å². The molecule has 0 spiro atoms. The molecular formula is C25H42N2O3. The number of benzene rings is 1. The molecule has 1 aliphatic rings. The number of aliphatic hydroxyl groups is 1. The molecule has 1 aromatic carbocycles. The first-order chi connectivity index (χ1) is 13.9. The van der Waals surface area contributed by atoms with Crippen LogP contribution >= 0.6 is 0 Å². The molecule has 0 bridgehead atoms. The van der Waals surface area contributed by atoms with Gasteiger partial charge in [-0.25, -0.2) is 4.79 Å². The lowest BCUT2D eigenvalue weighted by Gasteiger charge is -2.42. The number of amides is 1. The molecule has 2 atom stereocenters. The minimum absolute atomic E-state index is 0.347. The molecule has 1 aliphatic carbocycles. The van der Waals surface area contributed by atoms with Crippen LogP contribution in [0.1, 0.15) is 72.8 Å². The molecule has 3 N–H and O–H groups in total. The summed E-state index contributed by atoms with van der Waals surface area (Å²) in [5.41, 5.74) is 0.777. The summed E-state index contributed by atoms with van der Waals surface area (Å²) >= 11 is 0. The summed E-state index contributed by atoms with van der Waals surface area (Å²) in [7, 11) is 0. The highest BCUT2D eigenvalue weighted by molar-refractivity contribution is 5.66. The number of carbonyl (C=O) groups is 1. The van der Waals surface area contributed by atoms with Gasteiger partial charge in [-0.15, -0.1) is 0 Å². The van der Waals surface area contributed by atoms with Crippen molar-refractivity contribution in [3.63, 3.8) is 0 Å². The Morgan fingerprint density at radius 3 is 2.10 bits per heavy atom. The van der Waals surface area contributed by atoms with Crippen LogP contribution in [0.25, 0.3) is 0 Å². The van der Waals surface area contributed by atoms with Crippen molar-refractivity contribution >= 4 is 6.09 Å². The fourth-order valence-electron chi connectivity index (χ4n) is 4.77. The van der Waals surface area contributed by atoms with Gasteiger partial charge in [0, 0.05) is 18.1 Å². The molecule has 0 heterocycles. The summed E-state index contributed by atoms with van der Waals surface area (Å²) in [4.78, 5) is 13.5. The normalized spacial score (nSPS) is 22.4. The number of aliphatic hydroxyl groups excluding tert-OH is 1. The summed E-state index contributed by atoms with van der Waals surface area (Å²) in [6.07, 6.45) is 3.35. The minimum Gasteiger partial charge on any atom is -0.465 e. The van der Waals surface area contributed by atoms with Crippen LogP contribution in [-0.4, -0.2) is 51.5 Å². The average molecular weight is 419 g/mol. The largest absolute Gasteiger partial charge is 0.465 e. The van der Waals surface area contributed by atoms with Gasteiger partial charge in [0.15, 0.2) is 0 Å². The molecule has 1 amide bonds. The van der Waals surface area contributed by atoms with Gasteiger partial charge in [0.2, 0.25) is 0 Å². The third-order valence-electron chi connectivity index (χ3n) is 6.56. The number of rotatable bonds is 7. The maximum absolute atomic E-state index is 12.1. The molecule has 170 valence electrons. The monoisotopic (exact) mass is 418 g/mol. The molecule has 30 heavy (non-hydrogen) atoms. The Hall–Kier alpha value is -1.59. The molecule has 0 aromatic heterocycles. The standard InChI is InChI=1S/C25H42N2O3/c1-24(2,3)19-12-14-20(15-13-19)26-17-22(28)21(16-18-10-8-7-9-11-18)27(23(29)30)25(4,5)6/h7-11,19-22,26,28H,12-17H2,1-6H3,(H,29,30)/t19?,20?,21-,22+/m0/s1. The molecule has 1 saturated carbocycles. The van der Waals surface area contributed by atoms with E-state index in [4.69, 9.17) is 0 Å². The molecule has 1 aromatic rings. The van der Waals surface area contributed by atoms with Crippen molar-refractivity contribution in [1.82, 2.24) is 10.2 Å². The lowest BCUT2D eigenvalue weighted by atomic mass is 9.71. The fraction of sp³-hybridized carbons (Fsp3) is 0.720. The predicted molar refractivity (Wildman–Crippen MR) is 123 cm³/mol. The maximum Gasteiger partial charge on any atom is 0.408 e. The number of carboxylic acid groups (broad SMARTS) is 1. The zero-order valence-corrected chi connectivity index (χ0v) is 19.7. The van der Waals surface area contributed by atoms with Crippen LogP contribution in [0.3, 0.4) is 0 Å². The highest BCUT2D eigenvalue weighted by atomic mass is 16.4. The van der Waals surface area contributed by atoms with Gasteiger partial charge in [-0.3, -0.25) is 4.90 Å². The molecular weight excluding hydrogens is 376 g/mol. The van der Waals surface area contributed by atoms with E-state index in [2.05, 4.69) is 26.1 Å². The van der Waals surface area contributed by atoms with Crippen molar-refractivity contribution in [2.75, 3.05) is 6.54 Å². The van der Waals surface area contributed by atoms with Gasteiger partial charge in [-0.1, -0.05) is 51.1 Å². The summed E-state index contributed by atoms with van der Waals surface area (Å²) in [6.45, 7) is 13.0. The third-order valence-corrected chi connectivity index (χ3v) is 6.56. The molecule has 2 rings (SSSR count). The molecule has 0 aliphatic heterocycles. The fourth-order valence-corrected chi connectivity index (χ4v) is 4.77. The molecule has 5 nitrogen and oxygen atoms in total. The molecule has 0 saturated heterocycles. The van der Waals surface area contributed by atoms with Gasteiger partial charge in [0.05, 0.1) is 12.1 Å². The van der Waals surface area contributed by atoms with Gasteiger partial charge in [0.1, 0.15) is 0 Å². The Labute approximate surface area is 182 Å². The zero-order chi connectivity index (χ0) is 22.5. The summed E-state index contributed by atoms with van der Waals surface area (Å²) in [6, 6.07) is 9.71. The lowest BCUT2D eigenvalue weighted by Crippen LogP contribution is -2.58. The predicted octanol–water partition coefficient (Wildman–Crippen LogP) is 4.93. The molecule has 0 radical (unpaired) electrons. The molecule has 5 heteroatoms. The van der Waals surface area contributed by atoms with E-state index < -0.39 is 23.8 Å². The van der Waals surface area contributed by atoms with E-state index in [9.17, 15) is 15.0 Å². The van der Waals surface area contributed by atoms with Gasteiger partial charge in [-0.2, -0.15) is 0 Å². The average Bonchev–Trinajstić information content (AvgIpc) is 2.64. The first kappa shape index (κ1) is 24.7. The van der Waals surface area contributed by atoms with Crippen LogP contribution in [0.15, 0.2) is 30.3 Å². The first-order valence-corrected chi connectivity index (χ1v) is 11.4. The van der Waals surface area contributed by atoms with Crippen LogP contribution < -0.4 is 5.32 Å². The van der Waals surface area contributed by atoms with Gasteiger partial charge < -0.3 is 15.5 Å². The summed E-state index contributed by atoms with van der Waals surface area (Å²) < 4.78 is 0. The maximum atomic E-state index is 12.1. The van der Waals surface area contributed by atoms with Crippen molar-refractivity contribution in [2.45, 2.75) is 97.4 Å². The van der Waals surface area contributed by atoms with E-state index in [-0.39, 0.29) is 0 Å². The van der Waals surface area contributed by atoms with Crippen LogP contribution in [0.2, 0.25) is 0 Å². The van der Waals surface area contributed by atoms with E-state index in [1.807, 2.05) is 51.1 Å². The third kappa shape index (κ3) is 6.98. The second-order valence-electron chi connectivity index (χ2n) is 11.0. The Morgan fingerprint density at radius 2 is 1.63 bits per heavy atom. The van der Waals surface area contributed by atoms with E-state index in [1.165, 1.54) is 17.7 Å². The second-order valence-corrected chi connectivity index (χ2v) is 11.0. The van der Waals surface area contributed by atoms with Crippen molar-refractivity contribution in [2.24, 2.45) is 11.3 Å². The molecule has 1 fully saturated rings. The highest BCUT2D eigenvalue weighted by Gasteiger charge is 2.37. The zero-order valence-electron chi connectivity index (χ0n) is 19.7. The minimum atomic E-state index is -0.992. The number of nitrogens with one attached hydrogen (secondary N) is 1. The number of hydrogen-bond donors (Lipinski definition) is 3. The molecule has 0 unspecified atom stereocenters. The number of hydrogen-bond acceptors (Lipinski definition) is 3. The Morgan fingerprint density at radius 1 is 1.07 bits per heavy atom. The van der Waals surface area contributed by atoms with Crippen molar-refractivity contribution < 1.29 is 15.0 Å². The SMILES string of the molecule is CC(C)(C)C1CCC(NC[C@@H](O)[C@H](Cc2ccccc2)N(C(=O)O)C(C)(C)C)CC1. The summed E-state index contributed by atoms with van der Waals surface area (Å²) in [5.74, 6) is 0.745. The van der Waals surface area contributed by atoms with Gasteiger partial charge in [-0.05, 0) is 69.8 Å². The Balaban J connectivity index is 2.05. The summed E-state index contributed by atoms with van der Waals surface area (Å²) in [5, 5.41) is 24.6. The van der Waals surface area contributed by atoms with E-state index >= 15 is 0 Å². The quantitative estimate of drug-likeness (QED) is 0.587. The van der Waals surface area contributed by atoms with Crippen molar-refractivity contribution in [1.29, 1.82) is 0 Å². The van der Waals surface area contributed by atoms with Crippen LogP contribution in [0, 0.1) is 11.3 Å². The van der Waals surface area contributed by atoms with Gasteiger partial charge in [0.25, 0.3) is 0 Å². The van der Waals surface area contributed by atoms with Crippen molar-refractivity contribution in [3.8, 4) is 0 Å². The first-order valence-electron chi connectivity index (χ1n) is 11.4. The smallest absolute Gasteiger partial charge is 0.408 e. The second kappa shape index (κ2) is 10.1. The topological polar surface area (TPSA) is 72.8 Å². The van der Waals surface area contributed by atoms with E-state index in [0.717, 1.165) is 24.3 Å². The number of nitrogens with zero attached hydrogens (tertiary/aromatic N) is 1. The Kier molecular flexibility index (Phi) is 8.35. The lowest BCUT2D eigenvalue weighted by molar-refractivity contribution is 0.00598. The van der Waals surface area contributed by atoms with E-state index in [1.54, 1.807) is 0 Å². The van der Waals surface area contributed by atoms with Crippen LogP contribution in [-0.2, 0) is 6.42 Å². The van der Waals surface area contributed by atoms with Crippen LogP contribution in [0.5, 0.6) is 0 Å².